The van der Waals surface area contributed by atoms with Crippen LogP contribution in [-0.2, 0) is 15.7 Å². The van der Waals surface area contributed by atoms with E-state index < -0.39 is 41.8 Å². The molecule has 2 atom stereocenters. The second-order valence-corrected chi connectivity index (χ2v) is 6.24. The number of ether oxygens (including phenoxy) is 1. The van der Waals surface area contributed by atoms with Crippen molar-refractivity contribution in [2.75, 3.05) is 6.54 Å². The zero-order chi connectivity index (χ0) is 20.5. The number of rotatable bonds is 4. The van der Waals surface area contributed by atoms with Gasteiger partial charge in [-0.25, -0.2) is 14.2 Å². The van der Waals surface area contributed by atoms with Gasteiger partial charge in [-0.05, 0) is 29.8 Å². The van der Waals surface area contributed by atoms with E-state index in [1.165, 1.54) is 18.2 Å². The second kappa shape index (κ2) is 7.63. The van der Waals surface area contributed by atoms with Gasteiger partial charge in [-0.2, -0.15) is 13.2 Å². The molecule has 0 radical (unpaired) electrons. The maximum Gasteiger partial charge on any atom is 0.433 e. The first-order valence-corrected chi connectivity index (χ1v) is 8.27. The van der Waals surface area contributed by atoms with Crippen molar-refractivity contribution >= 4 is 23.6 Å². The summed E-state index contributed by atoms with van der Waals surface area (Å²) in [5.74, 6) is -1.50. The molecule has 2 N–H and O–H groups in total. The highest BCUT2D eigenvalue weighted by molar-refractivity contribution is 6.30. The molecular weight excluding hydrogens is 406 g/mol. The van der Waals surface area contributed by atoms with E-state index >= 15 is 0 Å². The predicted molar refractivity (Wildman–Crippen MR) is 88.9 cm³/mol. The van der Waals surface area contributed by atoms with Crippen molar-refractivity contribution in [2.24, 2.45) is 0 Å². The number of hydrogen-bond donors (Lipinski definition) is 2. The Labute approximate surface area is 160 Å². The van der Waals surface area contributed by atoms with Crippen LogP contribution in [0.5, 0.6) is 0 Å². The van der Waals surface area contributed by atoms with E-state index in [1.807, 2.05) is 0 Å². The molecule has 11 heteroatoms. The van der Waals surface area contributed by atoms with E-state index in [4.69, 9.17) is 16.3 Å². The lowest BCUT2D eigenvalue weighted by atomic mass is 10.0. The average Bonchev–Trinajstić information content (AvgIpc) is 3.08. The van der Waals surface area contributed by atoms with Crippen LogP contribution in [0.2, 0.25) is 5.02 Å². The number of alkyl carbamates (subject to hydrolysis) is 1. The van der Waals surface area contributed by atoms with Crippen LogP contribution in [0.15, 0.2) is 36.4 Å². The fourth-order valence-electron chi connectivity index (χ4n) is 2.56. The largest absolute Gasteiger partial charge is 0.434 e. The molecule has 3 rings (SSSR count). The molecule has 1 aromatic carbocycles. The highest BCUT2D eigenvalue weighted by Crippen LogP contribution is 2.30. The third kappa shape index (κ3) is 4.33. The van der Waals surface area contributed by atoms with E-state index in [-0.39, 0.29) is 22.8 Å². The lowest BCUT2D eigenvalue weighted by Crippen LogP contribution is -2.39. The van der Waals surface area contributed by atoms with Crippen molar-refractivity contribution in [1.82, 2.24) is 15.6 Å². The molecule has 2 amide bonds. The molecule has 1 unspecified atom stereocenters. The molecule has 2 heterocycles. The standard InChI is InChI=1S/C17H12ClF4N3O3/c18-9-6-8(4-5-10(9)19)14(25-15(26)12-7-23-16(27)28-12)11-2-1-3-13(24-11)17(20,21)22/h1-6,12,14H,7H2,(H,23,27)(H,25,26)/t12?,14-/m0/s1. The summed E-state index contributed by atoms with van der Waals surface area (Å²) in [5, 5.41) is 4.48. The first-order chi connectivity index (χ1) is 13.1. The van der Waals surface area contributed by atoms with E-state index in [0.29, 0.717) is 0 Å². The molecule has 148 valence electrons. The Morgan fingerprint density at radius 1 is 1.32 bits per heavy atom. The Hall–Kier alpha value is -2.88. The molecule has 1 aromatic heterocycles. The predicted octanol–water partition coefficient (Wildman–Crippen LogP) is 3.21. The first-order valence-electron chi connectivity index (χ1n) is 7.89. The van der Waals surface area contributed by atoms with Crippen LogP contribution in [0.3, 0.4) is 0 Å². The second-order valence-electron chi connectivity index (χ2n) is 5.84. The summed E-state index contributed by atoms with van der Waals surface area (Å²) in [5.41, 5.74) is -1.11. The van der Waals surface area contributed by atoms with Crippen molar-refractivity contribution in [3.8, 4) is 0 Å². The number of carbonyl (C=O) groups excluding carboxylic acids is 2. The summed E-state index contributed by atoms with van der Waals surface area (Å²) in [4.78, 5) is 27.1. The molecule has 1 aliphatic heterocycles. The van der Waals surface area contributed by atoms with Crippen LogP contribution in [0.25, 0.3) is 0 Å². The number of nitrogens with zero attached hydrogens (tertiary/aromatic N) is 1. The number of pyridine rings is 1. The van der Waals surface area contributed by atoms with Crippen molar-refractivity contribution in [3.05, 3.63) is 64.2 Å². The number of benzene rings is 1. The Bertz CT molecular complexity index is 923. The molecule has 0 saturated carbocycles. The minimum atomic E-state index is -4.70. The molecule has 0 aliphatic carbocycles. The van der Waals surface area contributed by atoms with Crippen LogP contribution in [0, 0.1) is 5.82 Å². The SMILES string of the molecule is O=C1NCC(C(=O)N[C@@H](c2ccc(F)c(Cl)c2)c2cccc(C(F)(F)F)n2)O1. The molecule has 6 nitrogen and oxygen atoms in total. The first kappa shape index (κ1) is 19.9. The number of cyclic esters (lactones) is 1. The van der Waals surface area contributed by atoms with Gasteiger partial charge < -0.3 is 15.4 Å². The number of hydrogen-bond acceptors (Lipinski definition) is 4. The zero-order valence-electron chi connectivity index (χ0n) is 13.9. The maximum atomic E-state index is 13.5. The van der Waals surface area contributed by atoms with E-state index in [0.717, 1.165) is 18.2 Å². The average molecular weight is 418 g/mol. The van der Waals surface area contributed by atoms with E-state index in [2.05, 4.69) is 15.6 Å². The smallest absolute Gasteiger partial charge is 0.433 e. The summed E-state index contributed by atoms with van der Waals surface area (Å²) in [6.45, 7) is -0.0996. The molecule has 0 spiro atoms. The molecule has 1 fully saturated rings. The Kier molecular flexibility index (Phi) is 5.41. The number of halogens is 5. The number of alkyl halides is 3. The van der Waals surface area contributed by atoms with Gasteiger partial charge in [0.05, 0.1) is 23.3 Å². The van der Waals surface area contributed by atoms with Crippen LogP contribution in [0.4, 0.5) is 22.4 Å². The minimum Gasteiger partial charge on any atom is -0.434 e. The van der Waals surface area contributed by atoms with Crippen molar-refractivity contribution in [2.45, 2.75) is 18.3 Å². The van der Waals surface area contributed by atoms with Gasteiger partial charge >= 0.3 is 12.3 Å². The summed E-state index contributed by atoms with van der Waals surface area (Å²) in [6.07, 6.45) is -6.66. The Balaban J connectivity index is 1.98. The lowest BCUT2D eigenvalue weighted by Gasteiger charge is -2.21. The van der Waals surface area contributed by atoms with Gasteiger partial charge in [0, 0.05) is 0 Å². The van der Waals surface area contributed by atoms with Gasteiger partial charge in [0.25, 0.3) is 5.91 Å². The molecule has 0 bridgehead atoms. The highest BCUT2D eigenvalue weighted by atomic mass is 35.5. The van der Waals surface area contributed by atoms with Gasteiger partial charge in [-0.3, -0.25) is 4.79 Å². The third-order valence-corrected chi connectivity index (χ3v) is 4.18. The summed E-state index contributed by atoms with van der Waals surface area (Å²) in [7, 11) is 0. The molecule has 1 saturated heterocycles. The molecule has 1 aliphatic rings. The van der Waals surface area contributed by atoms with Gasteiger partial charge in [0.1, 0.15) is 11.5 Å². The fourth-order valence-corrected chi connectivity index (χ4v) is 2.75. The van der Waals surface area contributed by atoms with Crippen molar-refractivity contribution < 1.29 is 31.9 Å². The highest BCUT2D eigenvalue weighted by Gasteiger charge is 2.35. The lowest BCUT2D eigenvalue weighted by molar-refractivity contribution is -0.141. The number of amides is 2. The third-order valence-electron chi connectivity index (χ3n) is 3.89. The van der Waals surface area contributed by atoms with Crippen LogP contribution in [-0.4, -0.2) is 29.6 Å². The van der Waals surface area contributed by atoms with Crippen LogP contribution >= 0.6 is 11.6 Å². The van der Waals surface area contributed by atoms with Crippen LogP contribution in [0.1, 0.15) is 23.0 Å². The summed E-state index contributed by atoms with van der Waals surface area (Å²) >= 11 is 5.76. The van der Waals surface area contributed by atoms with Crippen LogP contribution < -0.4 is 10.6 Å². The zero-order valence-corrected chi connectivity index (χ0v) is 14.6. The van der Waals surface area contributed by atoms with Gasteiger partial charge in [0.15, 0.2) is 6.10 Å². The quantitative estimate of drug-likeness (QED) is 0.749. The number of nitrogens with one attached hydrogen (secondary N) is 2. The molecule has 28 heavy (non-hydrogen) atoms. The number of aromatic nitrogens is 1. The molecule has 2 aromatic rings. The minimum absolute atomic E-state index is 0.0996. The summed E-state index contributed by atoms with van der Waals surface area (Å²) < 4.78 is 57.3. The normalized spacial score (nSPS) is 17.6. The van der Waals surface area contributed by atoms with Crippen molar-refractivity contribution in [1.29, 1.82) is 0 Å². The Morgan fingerprint density at radius 3 is 2.68 bits per heavy atom. The number of carbonyl (C=O) groups is 2. The van der Waals surface area contributed by atoms with E-state index in [1.54, 1.807) is 0 Å². The topological polar surface area (TPSA) is 80.3 Å². The fraction of sp³-hybridized carbons (Fsp3) is 0.235. The monoisotopic (exact) mass is 417 g/mol. The van der Waals surface area contributed by atoms with Gasteiger partial charge in [0.2, 0.25) is 0 Å². The van der Waals surface area contributed by atoms with Crippen molar-refractivity contribution in [3.63, 3.8) is 0 Å². The maximum absolute atomic E-state index is 13.5. The van der Waals surface area contributed by atoms with Gasteiger partial charge in [-0.1, -0.05) is 23.7 Å². The Morgan fingerprint density at radius 2 is 2.07 bits per heavy atom. The summed E-state index contributed by atoms with van der Waals surface area (Å²) in [6, 6.07) is 5.44. The van der Waals surface area contributed by atoms with Gasteiger partial charge in [-0.15, -0.1) is 0 Å². The van der Waals surface area contributed by atoms with E-state index in [9.17, 15) is 27.2 Å². The molecular formula is C17H12ClF4N3O3.